The van der Waals surface area contributed by atoms with Crippen LogP contribution in [-0.4, -0.2) is 27.5 Å². The maximum atomic E-state index is 12.0. The first-order valence-electron chi connectivity index (χ1n) is 7.25. The van der Waals surface area contributed by atoms with Crippen molar-refractivity contribution in [2.24, 2.45) is 7.05 Å². The van der Waals surface area contributed by atoms with Crippen LogP contribution in [0.3, 0.4) is 0 Å². The number of anilines is 1. The van der Waals surface area contributed by atoms with Gasteiger partial charge in [-0.1, -0.05) is 13.3 Å². The summed E-state index contributed by atoms with van der Waals surface area (Å²) < 4.78 is 1.64. The van der Waals surface area contributed by atoms with E-state index in [4.69, 9.17) is 0 Å². The molecule has 1 unspecified atom stereocenters. The third kappa shape index (κ3) is 4.08. The van der Waals surface area contributed by atoms with Crippen molar-refractivity contribution in [1.82, 2.24) is 15.1 Å². The molecule has 2 aromatic heterocycles. The molecule has 0 aromatic carbocycles. The molecule has 0 saturated carbocycles. The molecule has 0 radical (unpaired) electrons. The molecule has 0 saturated heterocycles. The van der Waals surface area contributed by atoms with Crippen LogP contribution in [0.1, 0.15) is 31.5 Å². The Balaban J connectivity index is 1.90. The number of nitrogens with zero attached hydrogens (tertiary/aromatic N) is 2. The normalized spacial score (nSPS) is 13.6. The molecular weight excluding hydrogens is 300 g/mol. The Labute approximate surface area is 134 Å². The lowest BCUT2D eigenvalue weighted by Crippen LogP contribution is -2.40. The summed E-state index contributed by atoms with van der Waals surface area (Å²) >= 11 is 1.51. The standard InChI is InChI=1S/C15H22N4O2S/c1-4-5-12-8-13(19(3)18-12)17-14(20)16-10-15(2,21)11-6-7-22-9-11/h6-9,21H,4-5,10H2,1-3H3,(H2,16,17,20). The van der Waals surface area contributed by atoms with Gasteiger partial charge >= 0.3 is 6.03 Å². The number of hydrogen-bond acceptors (Lipinski definition) is 4. The fraction of sp³-hybridized carbons (Fsp3) is 0.467. The molecule has 0 aliphatic rings. The average molecular weight is 322 g/mol. The Morgan fingerprint density at radius 2 is 2.32 bits per heavy atom. The molecule has 0 fully saturated rings. The van der Waals surface area contributed by atoms with Gasteiger partial charge in [-0.2, -0.15) is 16.4 Å². The molecule has 7 heteroatoms. The summed E-state index contributed by atoms with van der Waals surface area (Å²) in [7, 11) is 1.79. The second-order valence-electron chi connectivity index (χ2n) is 5.49. The van der Waals surface area contributed by atoms with Crippen LogP contribution in [0.2, 0.25) is 0 Å². The number of rotatable bonds is 6. The van der Waals surface area contributed by atoms with Crippen LogP contribution in [0.15, 0.2) is 22.9 Å². The van der Waals surface area contributed by atoms with Crippen LogP contribution in [0.25, 0.3) is 0 Å². The molecule has 120 valence electrons. The van der Waals surface area contributed by atoms with Gasteiger partial charge in [0.05, 0.1) is 12.2 Å². The maximum absolute atomic E-state index is 12.0. The van der Waals surface area contributed by atoms with E-state index in [0.29, 0.717) is 5.82 Å². The van der Waals surface area contributed by atoms with E-state index in [1.165, 1.54) is 11.3 Å². The first-order valence-corrected chi connectivity index (χ1v) is 8.19. The molecule has 0 bridgehead atoms. The van der Waals surface area contributed by atoms with Gasteiger partial charge in [-0.3, -0.25) is 10.00 Å². The summed E-state index contributed by atoms with van der Waals surface area (Å²) in [6.07, 6.45) is 1.89. The van der Waals surface area contributed by atoms with Crippen molar-refractivity contribution in [3.8, 4) is 0 Å². The highest BCUT2D eigenvalue weighted by molar-refractivity contribution is 7.08. The van der Waals surface area contributed by atoms with Crippen LogP contribution in [0, 0.1) is 0 Å². The fourth-order valence-corrected chi connectivity index (χ4v) is 2.89. The highest BCUT2D eigenvalue weighted by Gasteiger charge is 2.24. The lowest BCUT2D eigenvalue weighted by Gasteiger charge is -2.22. The Kier molecular flexibility index (Phi) is 5.20. The van der Waals surface area contributed by atoms with Crippen molar-refractivity contribution in [1.29, 1.82) is 0 Å². The predicted molar refractivity (Wildman–Crippen MR) is 88.1 cm³/mol. The number of urea groups is 1. The Hall–Kier alpha value is -1.86. The van der Waals surface area contributed by atoms with Crippen LogP contribution >= 0.6 is 11.3 Å². The first kappa shape index (κ1) is 16.5. The van der Waals surface area contributed by atoms with Crippen molar-refractivity contribution < 1.29 is 9.90 Å². The summed E-state index contributed by atoms with van der Waals surface area (Å²) in [5.41, 5.74) is 0.658. The zero-order valence-electron chi connectivity index (χ0n) is 13.1. The van der Waals surface area contributed by atoms with E-state index in [1.54, 1.807) is 18.7 Å². The monoisotopic (exact) mass is 322 g/mol. The quantitative estimate of drug-likeness (QED) is 0.764. The van der Waals surface area contributed by atoms with Crippen LogP contribution in [-0.2, 0) is 19.1 Å². The lowest BCUT2D eigenvalue weighted by atomic mass is 9.99. The van der Waals surface area contributed by atoms with E-state index >= 15 is 0 Å². The molecule has 2 rings (SSSR count). The van der Waals surface area contributed by atoms with Gasteiger partial charge in [-0.15, -0.1) is 0 Å². The van der Waals surface area contributed by atoms with Crippen molar-refractivity contribution in [2.75, 3.05) is 11.9 Å². The minimum atomic E-state index is -1.09. The molecule has 0 spiro atoms. The number of aliphatic hydroxyl groups is 1. The molecular formula is C15H22N4O2S. The topological polar surface area (TPSA) is 79.2 Å². The van der Waals surface area contributed by atoms with Crippen LogP contribution in [0.4, 0.5) is 10.6 Å². The van der Waals surface area contributed by atoms with Crippen molar-refractivity contribution in [3.05, 3.63) is 34.2 Å². The molecule has 2 heterocycles. The number of carbonyl (C=O) groups excluding carboxylic acids is 1. The van der Waals surface area contributed by atoms with Crippen molar-refractivity contribution in [2.45, 2.75) is 32.3 Å². The number of nitrogens with one attached hydrogen (secondary N) is 2. The van der Waals surface area contributed by atoms with Gasteiger partial charge in [-0.25, -0.2) is 4.79 Å². The second kappa shape index (κ2) is 6.93. The lowest BCUT2D eigenvalue weighted by molar-refractivity contribution is 0.0604. The van der Waals surface area contributed by atoms with Gasteiger partial charge in [0.2, 0.25) is 0 Å². The minimum Gasteiger partial charge on any atom is -0.384 e. The zero-order valence-corrected chi connectivity index (χ0v) is 13.9. The molecule has 0 aliphatic heterocycles. The first-order chi connectivity index (χ1) is 10.4. The Morgan fingerprint density at radius 1 is 1.55 bits per heavy atom. The van der Waals surface area contributed by atoms with Gasteiger partial charge in [0.25, 0.3) is 0 Å². The smallest absolute Gasteiger partial charge is 0.320 e. The van der Waals surface area contributed by atoms with Gasteiger partial charge in [0, 0.05) is 13.1 Å². The van der Waals surface area contributed by atoms with Crippen LogP contribution < -0.4 is 10.6 Å². The van der Waals surface area contributed by atoms with E-state index in [1.807, 2.05) is 22.9 Å². The second-order valence-corrected chi connectivity index (χ2v) is 6.27. The van der Waals surface area contributed by atoms with Crippen molar-refractivity contribution in [3.63, 3.8) is 0 Å². The molecule has 0 aliphatic carbocycles. The Bertz CT molecular complexity index is 620. The molecule has 2 amide bonds. The largest absolute Gasteiger partial charge is 0.384 e. The maximum Gasteiger partial charge on any atom is 0.320 e. The van der Waals surface area contributed by atoms with Gasteiger partial charge in [0.15, 0.2) is 0 Å². The summed E-state index contributed by atoms with van der Waals surface area (Å²) in [4.78, 5) is 12.0. The highest BCUT2D eigenvalue weighted by atomic mass is 32.1. The van der Waals surface area contributed by atoms with Crippen molar-refractivity contribution >= 4 is 23.2 Å². The van der Waals surface area contributed by atoms with Gasteiger partial charge in [-0.05, 0) is 35.7 Å². The number of thiophene rings is 1. The fourth-order valence-electron chi connectivity index (χ4n) is 2.11. The molecule has 3 N–H and O–H groups in total. The predicted octanol–water partition coefficient (Wildman–Crippen LogP) is 2.46. The number of amides is 2. The summed E-state index contributed by atoms with van der Waals surface area (Å²) in [5.74, 6) is 0.635. The summed E-state index contributed by atoms with van der Waals surface area (Å²) in [6, 6.07) is 3.35. The zero-order chi connectivity index (χ0) is 16.2. The SMILES string of the molecule is CCCc1cc(NC(=O)NCC(C)(O)c2ccsc2)n(C)n1. The van der Waals surface area contributed by atoms with Gasteiger partial charge in [0.1, 0.15) is 11.4 Å². The molecule has 22 heavy (non-hydrogen) atoms. The summed E-state index contributed by atoms with van der Waals surface area (Å²) in [5, 5.41) is 23.9. The van der Waals surface area contributed by atoms with Gasteiger partial charge < -0.3 is 10.4 Å². The number of aromatic nitrogens is 2. The number of hydrogen-bond donors (Lipinski definition) is 3. The highest BCUT2D eigenvalue weighted by Crippen LogP contribution is 2.22. The molecule has 2 aromatic rings. The molecule has 6 nitrogen and oxygen atoms in total. The van der Waals surface area contributed by atoms with E-state index < -0.39 is 5.60 Å². The minimum absolute atomic E-state index is 0.134. The third-order valence-corrected chi connectivity index (χ3v) is 4.10. The number of carbonyl (C=O) groups is 1. The van der Waals surface area contributed by atoms with E-state index in [-0.39, 0.29) is 12.6 Å². The number of aryl methyl sites for hydroxylation is 2. The van der Waals surface area contributed by atoms with E-state index in [2.05, 4.69) is 22.7 Å². The Morgan fingerprint density at radius 3 is 2.95 bits per heavy atom. The average Bonchev–Trinajstić information content (AvgIpc) is 3.09. The van der Waals surface area contributed by atoms with E-state index in [0.717, 1.165) is 24.1 Å². The summed E-state index contributed by atoms with van der Waals surface area (Å²) in [6.45, 7) is 3.90. The van der Waals surface area contributed by atoms with E-state index in [9.17, 15) is 9.90 Å². The molecule has 1 atom stereocenters. The van der Waals surface area contributed by atoms with Crippen LogP contribution in [0.5, 0.6) is 0 Å². The third-order valence-electron chi connectivity index (χ3n) is 3.41.